The van der Waals surface area contributed by atoms with Crippen LogP contribution in [0.5, 0.6) is 0 Å². The number of amides is 3. The van der Waals surface area contributed by atoms with Gasteiger partial charge in [-0.15, -0.1) is 0 Å². The van der Waals surface area contributed by atoms with Gasteiger partial charge >= 0.3 is 6.03 Å². The molecule has 5 nitrogen and oxygen atoms in total. The van der Waals surface area contributed by atoms with Gasteiger partial charge in [0.1, 0.15) is 6.04 Å². The summed E-state index contributed by atoms with van der Waals surface area (Å²) in [6, 6.07) is -0.536. The average molecular weight is 213 g/mol. The van der Waals surface area contributed by atoms with Gasteiger partial charge in [0, 0.05) is 6.54 Å². The first-order valence-electron chi connectivity index (χ1n) is 5.47. The van der Waals surface area contributed by atoms with Crippen molar-refractivity contribution in [3.63, 3.8) is 0 Å². The van der Waals surface area contributed by atoms with Gasteiger partial charge in [0.05, 0.1) is 0 Å². The Morgan fingerprint density at radius 1 is 1.47 bits per heavy atom. The SMILES string of the molecule is CCCC1NC(=O)N(CCCNC)C1=O. The number of carbonyl (C=O) groups is 2. The van der Waals surface area contributed by atoms with E-state index in [-0.39, 0.29) is 18.0 Å². The van der Waals surface area contributed by atoms with Gasteiger partial charge in [-0.2, -0.15) is 0 Å². The minimum atomic E-state index is -0.294. The van der Waals surface area contributed by atoms with Crippen molar-refractivity contribution in [1.29, 1.82) is 0 Å². The average Bonchev–Trinajstić information content (AvgIpc) is 2.46. The highest BCUT2D eigenvalue weighted by atomic mass is 16.2. The van der Waals surface area contributed by atoms with Gasteiger partial charge in [0.25, 0.3) is 5.91 Å². The Labute approximate surface area is 90.2 Å². The van der Waals surface area contributed by atoms with E-state index in [1.165, 1.54) is 4.90 Å². The summed E-state index contributed by atoms with van der Waals surface area (Å²) in [5, 5.41) is 5.69. The molecule has 1 heterocycles. The number of hydrogen-bond acceptors (Lipinski definition) is 3. The molecule has 15 heavy (non-hydrogen) atoms. The topological polar surface area (TPSA) is 61.4 Å². The van der Waals surface area contributed by atoms with E-state index in [0.717, 1.165) is 25.8 Å². The molecule has 2 N–H and O–H groups in total. The smallest absolute Gasteiger partial charge is 0.324 e. The van der Waals surface area contributed by atoms with Crippen LogP contribution in [-0.2, 0) is 4.79 Å². The predicted molar refractivity (Wildman–Crippen MR) is 57.5 cm³/mol. The van der Waals surface area contributed by atoms with Gasteiger partial charge in [-0.05, 0) is 26.4 Å². The third kappa shape index (κ3) is 2.92. The largest absolute Gasteiger partial charge is 0.326 e. The molecule has 0 saturated carbocycles. The van der Waals surface area contributed by atoms with Crippen LogP contribution in [-0.4, -0.2) is 43.0 Å². The van der Waals surface area contributed by atoms with E-state index in [2.05, 4.69) is 10.6 Å². The Morgan fingerprint density at radius 3 is 2.80 bits per heavy atom. The molecule has 1 aliphatic heterocycles. The Bertz CT molecular complexity index is 243. The molecule has 1 atom stereocenters. The maximum Gasteiger partial charge on any atom is 0.324 e. The molecular weight excluding hydrogens is 194 g/mol. The molecule has 0 aromatic rings. The van der Waals surface area contributed by atoms with Crippen LogP contribution in [0.4, 0.5) is 4.79 Å². The molecule has 3 amide bonds. The predicted octanol–water partition coefficient (Wildman–Crippen LogP) is 0.316. The third-order valence-electron chi connectivity index (χ3n) is 2.49. The van der Waals surface area contributed by atoms with Crippen LogP contribution in [0.2, 0.25) is 0 Å². The molecule has 0 aromatic carbocycles. The normalized spacial score (nSPS) is 20.9. The lowest BCUT2D eigenvalue weighted by molar-refractivity contribution is -0.127. The molecule has 1 aliphatic rings. The first kappa shape index (κ1) is 12.0. The molecule has 86 valence electrons. The van der Waals surface area contributed by atoms with Gasteiger partial charge in [0.2, 0.25) is 0 Å². The van der Waals surface area contributed by atoms with Gasteiger partial charge in [0.15, 0.2) is 0 Å². The summed E-state index contributed by atoms with van der Waals surface area (Å²) in [5.41, 5.74) is 0. The molecule has 0 bridgehead atoms. The number of nitrogens with one attached hydrogen (secondary N) is 2. The van der Waals surface area contributed by atoms with Crippen LogP contribution in [0.25, 0.3) is 0 Å². The van der Waals surface area contributed by atoms with E-state index in [1.54, 1.807) is 0 Å². The molecule has 1 rings (SSSR count). The molecular formula is C10H19N3O2. The monoisotopic (exact) mass is 213 g/mol. The lowest BCUT2D eigenvalue weighted by atomic mass is 10.2. The number of imide groups is 1. The second kappa shape index (κ2) is 5.70. The Balaban J connectivity index is 2.44. The van der Waals surface area contributed by atoms with Crippen molar-refractivity contribution in [3.05, 3.63) is 0 Å². The fraction of sp³-hybridized carbons (Fsp3) is 0.800. The Morgan fingerprint density at radius 2 is 2.20 bits per heavy atom. The summed E-state index contributed by atoms with van der Waals surface area (Å²) in [4.78, 5) is 24.5. The van der Waals surface area contributed by atoms with E-state index in [4.69, 9.17) is 0 Å². The number of nitrogens with zero attached hydrogens (tertiary/aromatic N) is 1. The summed E-state index contributed by atoms with van der Waals surface area (Å²) in [7, 11) is 1.85. The second-order valence-electron chi connectivity index (χ2n) is 3.74. The van der Waals surface area contributed by atoms with Crippen LogP contribution in [0.15, 0.2) is 0 Å². The van der Waals surface area contributed by atoms with Crippen LogP contribution in [0, 0.1) is 0 Å². The Kier molecular flexibility index (Phi) is 4.55. The van der Waals surface area contributed by atoms with Crippen molar-refractivity contribution in [1.82, 2.24) is 15.5 Å². The van der Waals surface area contributed by atoms with Gasteiger partial charge in [-0.1, -0.05) is 13.3 Å². The lowest BCUT2D eigenvalue weighted by Gasteiger charge is -2.12. The molecule has 0 aliphatic carbocycles. The summed E-state index contributed by atoms with van der Waals surface area (Å²) in [6.45, 7) is 3.32. The summed E-state index contributed by atoms with van der Waals surface area (Å²) in [6.07, 6.45) is 2.43. The molecule has 0 aromatic heterocycles. The zero-order valence-corrected chi connectivity index (χ0v) is 9.38. The van der Waals surface area contributed by atoms with Gasteiger partial charge in [-0.25, -0.2) is 4.79 Å². The van der Waals surface area contributed by atoms with E-state index < -0.39 is 0 Å². The highest BCUT2D eigenvalue weighted by Crippen LogP contribution is 2.10. The van der Waals surface area contributed by atoms with Crippen molar-refractivity contribution in [2.24, 2.45) is 0 Å². The maximum atomic E-state index is 11.7. The van der Waals surface area contributed by atoms with Crippen LogP contribution in [0.1, 0.15) is 26.2 Å². The molecule has 1 saturated heterocycles. The standard InChI is InChI=1S/C10H19N3O2/c1-3-5-8-9(14)13(10(15)12-8)7-4-6-11-2/h8,11H,3-7H2,1-2H3,(H,12,15). The fourth-order valence-corrected chi connectivity index (χ4v) is 1.69. The number of urea groups is 1. The Hall–Kier alpha value is -1.10. The summed E-state index contributed by atoms with van der Waals surface area (Å²) >= 11 is 0. The van der Waals surface area contributed by atoms with Crippen LogP contribution in [0.3, 0.4) is 0 Å². The van der Waals surface area contributed by atoms with Gasteiger partial charge in [-0.3, -0.25) is 9.69 Å². The highest BCUT2D eigenvalue weighted by molar-refractivity contribution is 6.04. The van der Waals surface area contributed by atoms with Crippen LogP contribution >= 0.6 is 0 Å². The van der Waals surface area contributed by atoms with Crippen molar-refractivity contribution in [2.75, 3.05) is 20.1 Å². The summed E-state index contributed by atoms with van der Waals surface area (Å²) in [5.74, 6) is -0.0713. The number of carbonyl (C=O) groups excluding carboxylic acids is 2. The molecule has 0 radical (unpaired) electrons. The third-order valence-corrected chi connectivity index (χ3v) is 2.49. The second-order valence-corrected chi connectivity index (χ2v) is 3.74. The van der Waals surface area contributed by atoms with Crippen molar-refractivity contribution < 1.29 is 9.59 Å². The minimum Gasteiger partial charge on any atom is -0.326 e. The molecule has 5 heteroatoms. The van der Waals surface area contributed by atoms with E-state index >= 15 is 0 Å². The van der Waals surface area contributed by atoms with Crippen LogP contribution < -0.4 is 10.6 Å². The van der Waals surface area contributed by atoms with Crippen molar-refractivity contribution in [2.45, 2.75) is 32.2 Å². The number of hydrogen-bond donors (Lipinski definition) is 2. The molecule has 1 fully saturated rings. The first-order chi connectivity index (χ1) is 7.20. The van der Waals surface area contributed by atoms with Gasteiger partial charge < -0.3 is 10.6 Å². The van der Waals surface area contributed by atoms with Crippen molar-refractivity contribution >= 4 is 11.9 Å². The maximum absolute atomic E-state index is 11.7. The fourth-order valence-electron chi connectivity index (χ4n) is 1.69. The molecule has 1 unspecified atom stereocenters. The highest BCUT2D eigenvalue weighted by Gasteiger charge is 2.36. The quantitative estimate of drug-likeness (QED) is 0.493. The first-order valence-corrected chi connectivity index (χ1v) is 5.47. The zero-order valence-electron chi connectivity index (χ0n) is 9.38. The zero-order chi connectivity index (χ0) is 11.3. The van der Waals surface area contributed by atoms with E-state index in [0.29, 0.717) is 6.54 Å². The minimum absolute atomic E-state index is 0.0713. The summed E-state index contributed by atoms with van der Waals surface area (Å²) < 4.78 is 0. The molecule has 0 spiro atoms. The number of rotatable bonds is 6. The lowest BCUT2D eigenvalue weighted by Crippen LogP contribution is -2.33. The van der Waals surface area contributed by atoms with Crippen molar-refractivity contribution in [3.8, 4) is 0 Å². The van der Waals surface area contributed by atoms with E-state index in [1.807, 2.05) is 14.0 Å². The van der Waals surface area contributed by atoms with E-state index in [9.17, 15) is 9.59 Å².